The Hall–Kier alpha value is -2.40. The van der Waals surface area contributed by atoms with Gasteiger partial charge >= 0.3 is 0 Å². The number of aromatic hydroxyl groups is 2. The zero-order valence-corrected chi connectivity index (χ0v) is 13.0. The van der Waals surface area contributed by atoms with Gasteiger partial charge in [0.1, 0.15) is 23.0 Å². The lowest BCUT2D eigenvalue weighted by Gasteiger charge is -2.19. The van der Waals surface area contributed by atoms with Crippen molar-refractivity contribution in [1.82, 2.24) is 4.90 Å². The van der Waals surface area contributed by atoms with Crippen molar-refractivity contribution in [2.75, 3.05) is 21.3 Å². The highest BCUT2D eigenvalue weighted by Crippen LogP contribution is 2.27. The van der Waals surface area contributed by atoms with Crippen molar-refractivity contribution in [2.24, 2.45) is 0 Å². The molecule has 0 aliphatic rings. The van der Waals surface area contributed by atoms with Crippen LogP contribution < -0.4 is 9.47 Å². The molecule has 0 unspecified atom stereocenters. The van der Waals surface area contributed by atoms with E-state index >= 15 is 0 Å². The lowest BCUT2D eigenvalue weighted by atomic mass is 10.1. The average molecular weight is 303 g/mol. The second kappa shape index (κ2) is 7.04. The quantitative estimate of drug-likeness (QED) is 0.859. The molecule has 0 amide bonds. The van der Waals surface area contributed by atoms with Gasteiger partial charge in [0.05, 0.1) is 14.2 Å². The van der Waals surface area contributed by atoms with Gasteiger partial charge in [-0.25, -0.2) is 0 Å². The van der Waals surface area contributed by atoms with Gasteiger partial charge in [-0.3, -0.25) is 4.90 Å². The van der Waals surface area contributed by atoms with E-state index in [0.29, 0.717) is 24.6 Å². The molecule has 0 saturated heterocycles. The number of phenols is 2. The number of benzene rings is 2. The van der Waals surface area contributed by atoms with E-state index in [1.807, 2.05) is 11.9 Å². The minimum absolute atomic E-state index is 0.225. The third kappa shape index (κ3) is 3.83. The summed E-state index contributed by atoms with van der Waals surface area (Å²) in [6, 6.07) is 10.3. The number of hydrogen-bond donors (Lipinski definition) is 2. The van der Waals surface area contributed by atoms with Gasteiger partial charge in [0.2, 0.25) is 0 Å². The van der Waals surface area contributed by atoms with Crippen LogP contribution in [-0.2, 0) is 13.1 Å². The third-order valence-corrected chi connectivity index (χ3v) is 3.45. The summed E-state index contributed by atoms with van der Waals surface area (Å²) in [4.78, 5) is 1.99. The van der Waals surface area contributed by atoms with Crippen molar-refractivity contribution >= 4 is 0 Å². The van der Waals surface area contributed by atoms with E-state index in [-0.39, 0.29) is 11.5 Å². The van der Waals surface area contributed by atoms with Crippen LogP contribution in [0.15, 0.2) is 36.4 Å². The Morgan fingerprint density at radius 2 is 1.23 bits per heavy atom. The van der Waals surface area contributed by atoms with E-state index in [0.717, 1.165) is 11.1 Å². The SMILES string of the molecule is COc1ccc(O)c(CN(C)Cc2cc(OC)ccc2O)c1. The summed E-state index contributed by atoms with van der Waals surface area (Å²) in [6.45, 7) is 1.05. The molecule has 2 aromatic rings. The molecule has 0 bridgehead atoms. The van der Waals surface area contributed by atoms with Crippen LogP contribution in [-0.4, -0.2) is 36.4 Å². The van der Waals surface area contributed by atoms with Crippen molar-refractivity contribution in [1.29, 1.82) is 0 Å². The summed E-state index contributed by atoms with van der Waals surface area (Å²) in [7, 11) is 5.10. The molecule has 0 aliphatic carbocycles. The minimum Gasteiger partial charge on any atom is -0.508 e. The molecule has 2 rings (SSSR count). The summed E-state index contributed by atoms with van der Waals surface area (Å²) >= 11 is 0. The summed E-state index contributed by atoms with van der Waals surface area (Å²) in [5.41, 5.74) is 1.54. The predicted molar refractivity (Wildman–Crippen MR) is 84.5 cm³/mol. The molecule has 5 heteroatoms. The van der Waals surface area contributed by atoms with Crippen molar-refractivity contribution in [3.63, 3.8) is 0 Å². The fraction of sp³-hybridized carbons (Fsp3) is 0.294. The Labute approximate surface area is 130 Å². The largest absolute Gasteiger partial charge is 0.508 e. The van der Waals surface area contributed by atoms with Gasteiger partial charge < -0.3 is 19.7 Å². The molecule has 0 spiro atoms. The van der Waals surface area contributed by atoms with Gasteiger partial charge in [-0.1, -0.05) is 0 Å². The predicted octanol–water partition coefficient (Wildman–Crippen LogP) is 2.75. The Morgan fingerprint density at radius 1 is 0.818 bits per heavy atom. The van der Waals surface area contributed by atoms with E-state index in [4.69, 9.17) is 9.47 Å². The van der Waals surface area contributed by atoms with E-state index < -0.39 is 0 Å². The molecule has 5 nitrogen and oxygen atoms in total. The Morgan fingerprint density at radius 3 is 1.59 bits per heavy atom. The Bertz CT molecular complexity index is 587. The molecule has 22 heavy (non-hydrogen) atoms. The number of methoxy groups -OCH3 is 2. The van der Waals surface area contributed by atoms with Crippen molar-refractivity contribution in [3.8, 4) is 23.0 Å². The Kier molecular flexibility index (Phi) is 5.12. The van der Waals surface area contributed by atoms with E-state index in [2.05, 4.69) is 0 Å². The normalized spacial score (nSPS) is 10.7. The van der Waals surface area contributed by atoms with Crippen LogP contribution in [0.25, 0.3) is 0 Å². The first-order chi connectivity index (χ1) is 10.5. The zero-order valence-electron chi connectivity index (χ0n) is 13.0. The molecule has 0 aliphatic heterocycles. The number of rotatable bonds is 6. The van der Waals surface area contributed by atoms with E-state index in [9.17, 15) is 10.2 Å². The maximum atomic E-state index is 9.93. The summed E-state index contributed by atoms with van der Waals surface area (Å²) in [6.07, 6.45) is 0. The molecule has 2 N–H and O–H groups in total. The standard InChI is InChI=1S/C17H21NO4/c1-18(10-12-8-14(21-2)4-6-16(12)19)11-13-9-15(22-3)5-7-17(13)20/h4-9,19-20H,10-11H2,1-3H3. The molecule has 0 radical (unpaired) electrons. The molecular formula is C17H21NO4. The molecule has 0 fully saturated rings. The highest BCUT2D eigenvalue weighted by Gasteiger charge is 2.10. The maximum absolute atomic E-state index is 9.93. The average Bonchev–Trinajstić information content (AvgIpc) is 2.51. The minimum atomic E-state index is 0.225. The lowest BCUT2D eigenvalue weighted by Crippen LogP contribution is -2.17. The molecular weight excluding hydrogens is 282 g/mol. The van der Waals surface area contributed by atoms with Gasteiger partial charge in [-0.05, 0) is 43.4 Å². The second-order valence-electron chi connectivity index (χ2n) is 5.16. The second-order valence-corrected chi connectivity index (χ2v) is 5.16. The molecule has 2 aromatic carbocycles. The highest BCUT2D eigenvalue weighted by molar-refractivity contribution is 5.40. The van der Waals surface area contributed by atoms with E-state index in [1.165, 1.54) is 0 Å². The maximum Gasteiger partial charge on any atom is 0.120 e. The van der Waals surface area contributed by atoms with Crippen molar-refractivity contribution < 1.29 is 19.7 Å². The molecule has 0 aromatic heterocycles. The number of nitrogens with zero attached hydrogens (tertiary/aromatic N) is 1. The van der Waals surface area contributed by atoms with Crippen LogP contribution in [0.2, 0.25) is 0 Å². The molecule has 0 saturated carbocycles. The van der Waals surface area contributed by atoms with Crippen molar-refractivity contribution in [2.45, 2.75) is 13.1 Å². The van der Waals surface area contributed by atoms with Gasteiger partial charge in [0.25, 0.3) is 0 Å². The number of hydrogen-bond acceptors (Lipinski definition) is 5. The number of phenolic OH excluding ortho intramolecular Hbond substituents is 2. The molecule has 118 valence electrons. The summed E-state index contributed by atoms with van der Waals surface area (Å²) < 4.78 is 10.3. The van der Waals surface area contributed by atoms with Crippen LogP contribution >= 0.6 is 0 Å². The molecule has 0 heterocycles. The van der Waals surface area contributed by atoms with Crippen LogP contribution in [0, 0.1) is 0 Å². The highest BCUT2D eigenvalue weighted by atomic mass is 16.5. The van der Waals surface area contributed by atoms with Gasteiger partial charge in [-0.2, -0.15) is 0 Å². The fourth-order valence-corrected chi connectivity index (χ4v) is 2.27. The first-order valence-corrected chi connectivity index (χ1v) is 6.93. The lowest BCUT2D eigenvalue weighted by molar-refractivity contribution is 0.305. The zero-order chi connectivity index (χ0) is 16.1. The van der Waals surface area contributed by atoms with E-state index in [1.54, 1.807) is 50.6 Å². The van der Waals surface area contributed by atoms with Crippen LogP contribution in [0.5, 0.6) is 23.0 Å². The first kappa shape index (κ1) is 16.0. The summed E-state index contributed by atoms with van der Waals surface area (Å²) in [5.74, 6) is 1.85. The third-order valence-electron chi connectivity index (χ3n) is 3.45. The van der Waals surface area contributed by atoms with Gasteiger partial charge in [0, 0.05) is 24.2 Å². The van der Waals surface area contributed by atoms with Gasteiger partial charge in [-0.15, -0.1) is 0 Å². The first-order valence-electron chi connectivity index (χ1n) is 6.93. The van der Waals surface area contributed by atoms with Crippen LogP contribution in [0.3, 0.4) is 0 Å². The number of ether oxygens (including phenoxy) is 2. The van der Waals surface area contributed by atoms with Gasteiger partial charge in [0.15, 0.2) is 0 Å². The van der Waals surface area contributed by atoms with Crippen LogP contribution in [0.4, 0.5) is 0 Å². The smallest absolute Gasteiger partial charge is 0.120 e. The van der Waals surface area contributed by atoms with Crippen LogP contribution in [0.1, 0.15) is 11.1 Å². The fourth-order valence-electron chi connectivity index (χ4n) is 2.27. The molecule has 0 atom stereocenters. The topological polar surface area (TPSA) is 62.2 Å². The summed E-state index contributed by atoms with van der Waals surface area (Å²) in [5, 5.41) is 19.9. The van der Waals surface area contributed by atoms with Crippen molar-refractivity contribution in [3.05, 3.63) is 47.5 Å². The monoisotopic (exact) mass is 303 g/mol. The Balaban J connectivity index is 2.11.